The number of fused-ring (bicyclic) bond motifs is 1. The van der Waals surface area contributed by atoms with Crippen LogP contribution in [0.15, 0.2) is 47.5 Å². The number of imidazole rings is 1. The van der Waals surface area contributed by atoms with Crippen LogP contribution < -0.4 is 11.0 Å². The lowest BCUT2D eigenvalue weighted by atomic mass is 10.2. The Kier molecular flexibility index (Phi) is 2.57. The van der Waals surface area contributed by atoms with Gasteiger partial charge >= 0.3 is 5.69 Å². The van der Waals surface area contributed by atoms with Gasteiger partial charge in [-0.1, -0.05) is 6.07 Å². The quantitative estimate of drug-likeness (QED) is 0.654. The van der Waals surface area contributed by atoms with Gasteiger partial charge in [0.1, 0.15) is 0 Å². The summed E-state index contributed by atoms with van der Waals surface area (Å²) in [4.78, 5) is 20.6. The Hall–Kier alpha value is -2.56. The molecule has 0 bridgehead atoms. The Morgan fingerprint density at radius 1 is 1.17 bits per heavy atom. The molecule has 18 heavy (non-hydrogen) atoms. The zero-order valence-corrected chi connectivity index (χ0v) is 9.60. The highest BCUT2D eigenvalue weighted by Gasteiger charge is 1.99. The maximum absolute atomic E-state index is 11.1. The van der Waals surface area contributed by atoms with Crippen molar-refractivity contribution in [2.24, 2.45) is 0 Å². The summed E-state index contributed by atoms with van der Waals surface area (Å²) >= 11 is 0. The van der Waals surface area contributed by atoms with Crippen LogP contribution in [0.2, 0.25) is 0 Å². The second-order valence-corrected chi connectivity index (χ2v) is 4.05. The largest absolute Gasteiger partial charge is 0.381 e. The number of aromatic amines is 2. The predicted octanol–water partition coefficient (Wildman–Crippen LogP) is 1.86. The third-order valence-electron chi connectivity index (χ3n) is 2.74. The lowest BCUT2D eigenvalue weighted by Gasteiger charge is -2.05. The molecule has 1 aromatic carbocycles. The second kappa shape index (κ2) is 4.37. The molecule has 0 saturated heterocycles. The first-order chi connectivity index (χ1) is 8.81. The molecular weight excluding hydrogens is 228 g/mol. The van der Waals surface area contributed by atoms with Gasteiger partial charge in [0.25, 0.3) is 0 Å². The Balaban J connectivity index is 1.80. The Labute approximate surface area is 103 Å². The van der Waals surface area contributed by atoms with Crippen molar-refractivity contribution in [3.8, 4) is 0 Å². The molecule has 2 heterocycles. The van der Waals surface area contributed by atoms with Gasteiger partial charge in [0.2, 0.25) is 0 Å². The van der Waals surface area contributed by atoms with E-state index in [0.717, 1.165) is 22.3 Å². The molecule has 0 unspecified atom stereocenters. The number of H-pyrrole nitrogens is 2. The molecule has 90 valence electrons. The molecule has 3 rings (SSSR count). The number of hydrogen-bond donors (Lipinski definition) is 3. The first-order valence-electron chi connectivity index (χ1n) is 5.66. The zero-order chi connectivity index (χ0) is 12.4. The van der Waals surface area contributed by atoms with Crippen molar-refractivity contribution in [2.45, 2.75) is 6.54 Å². The smallest absolute Gasteiger partial charge is 0.323 e. The van der Waals surface area contributed by atoms with E-state index in [1.54, 1.807) is 6.20 Å². The van der Waals surface area contributed by atoms with Crippen molar-refractivity contribution < 1.29 is 0 Å². The predicted molar refractivity (Wildman–Crippen MR) is 70.5 cm³/mol. The van der Waals surface area contributed by atoms with E-state index in [2.05, 4.69) is 20.3 Å². The molecule has 3 aromatic rings. The molecule has 0 aliphatic heterocycles. The monoisotopic (exact) mass is 240 g/mol. The van der Waals surface area contributed by atoms with Crippen molar-refractivity contribution in [2.75, 3.05) is 5.32 Å². The van der Waals surface area contributed by atoms with E-state index in [1.807, 2.05) is 36.5 Å². The normalized spacial score (nSPS) is 10.7. The minimum Gasteiger partial charge on any atom is -0.381 e. The number of pyridine rings is 1. The number of nitrogens with one attached hydrogen (secondary N) is 3. The van der Waals surface area contributed by atoms with Crippen molar-refractivity contribution in [3.05, 3.63) is 58.8 Å². The fourth-order valence-corrected chi connectivity index (χ4v) is 1.85. The molecule has 0 radical (unpaired) electrons. The summed E-state index contributed by atoms with van der Waals surface area (Å²) in [6, 6.07) is 9.63. The van der Waals surface area contributed by atoms with Gasteiger partial charge < -0.3 is 15.3 Å². The van der Waals surface area contributed by atoms with Crippen molar-refractivity contribution in [3.63, 3.8) is 0 Å². The molecule has 0 aliphatic rings. The molecule has 0 spiro atoms. The van der Waals surface area contributed by atoms with E-state index >= 15 is 0 Å². The molecule has 0 aliphatic carbocycles. The lowest BCUT2D eigenvalue weighted by Crippen LogP contribution is -1.99. The molecule has 5 nitrogen and oxygen atoms in total. The summed E-state index contributed by atoms with van der Waals surface area (Å²) < 4.78 is 0. The SMILES string of the molecule is O=c1[nH]c2ccc(NCc3cccnc3)cc2[nH]1. The summed E-state index contributed by atoms with van der Waals surface area (Å²) in [7, 11) is 0. The fourth-order valence-electron chi connectivity index (χ4n) is 1.85. The number of hydrogen-bond acceptors (Lipinski definition) is 3. The second-order valence-electron chi connectivity index (χ2n) is 4.05. The number of benzene rings is 1. The standard InChI is InChI=1S/C13H12N4O/c18-13-16-11-4-3-10(6-12(11)17-13)15-8-9-2-1-5-14-7-9/h1-7,15H,8H2,(H2,16,17,18). The molecule has 0 amide bonds. The van der Waals surface area contributed by atoms with Crippen molar-refractivity contribution >= 4 is 16.7 Å². The van der Waals surface area contributed by atoms with Crippen LogP contribution in [0, 0.1) is 0 Å². The van der Waals surface area contributed by atoms with Gasteiger partial charge in [-0.3, -0.25) is 4.98 Å². The highest BCUT2D eigenvalue weighted by molar-refractivity contribution is 5.78. The molecule has 3 N–H and O–H groups in total. The van der Waals surface area contributed by atoms with Gasteiger partial charge in [0, 0.05) is 24.6 Å². The molecule has 0 fully saturated rings. The third kappa shape index (κ3) is 2.10. The summed E-state index contributed by atoms with van der Waals surface area (Å²) in [5.41, 5.74) is 3.50. The number of rotatable bonds is 3. The van der Waals surface area contributed by atoms with E-state index in [1.165, 1.54) is 0 Å². The third-order valence-corrected chi connectivity index (χ3v) is 2.74. The highest BCUT2D eigenvalue weighted by Crippen LogP contribution is 2.15. The van der Waals surface area contributed by atoms with Gasteiger partial charge in [0.15, 0.2) is 0 Å². The van der Waals surface area contributed by atoms with Crippen LogP contribution in [-0.2, 0) is 6.54 Å². The average Bonchev–Trinajstić information content (AvgIpc) is 2.77. The molecule has 0 saturated carbocycles. The molecule has 0 atom stereocenters. The highest BCUT2D eigenvalue weighted by atomic mass is 16.1. The van der Waals surface area contributed by atoms with Gasteiger partial charge in [-0.15, -0.1) is 0 Å². The van der Waals surface area contributed by atoms with Crippen LogP contribution in [0.1, 0.15) is 5.56 Å². The molecular formula is C13H12N4O. The van der Waals surface area contributed by atoms with E-state index in [0.29, 0.717) is 6.54 Å². The fraction of sp³-hybridized carbons (Fsp3) is 0.0769. The minimum atomic E-state index is -0.186. The van der Waals surface area contributed by atoms with Crippen molar-refractivity contribution in [1.29, 1.82) is 0 Å². The Morgan fingerprint density at radius 3 is 2.89 bits per heavy atom. The number of nitrogens with zero attached hydrogens (tertiary/aromatic N) is 1. The summed E-state index contributed by atoms with van der Waals surface area (Å²) in [6.45, 7) is 0.702. The van der Waals surface area contributed by atoms with Crippen LogP contribution in [0.4, 0.5) is 5.69 Å². The summed E-state index contributed by atoms with van der Waals surface area (Å²) in [6.07, 6.45) is 3.57. The first kappa shape index (κ1) is 10.6. The van der Waals surface area contributed by atoms with E-state index < -0.39 is 0 Å². The van der Waals surface area contributed by atoms with Crippen LogP contribution >= 0.6 is 0 Å². The van der Waals surface area contributed by atoms with Crippen LogP contribution in [-0.4, -0.2) is 15.0 Å². The number of anilines is 1. The zero-order valence-electron chi connectivity index (χ0n) is 9.60. The van der Waals surface area contributed by atoms with E-state index in [-0.39, 0.29) is 5.69 Å². The lowest BCUT2D eigenvalue weighted by molar-refractivity contribution is 1.11. The van der Waals surface area contributed by atoms with E-state index in [4.69, 9.17) is 0 Å². The Morgan fingerprint density at radius 2 is 2.06 bits per heavy atom. The minimum absolute atomic E-state index is 0.186. The van der Waals surface area contributed by atoms with Crippen LogP contribution in [0.5, 0.6) is 0 Å². The van der Waals surface area contributed by atoms with Gasteiger partial charge in [0.05, 0.1) is 11.0 Å². The van der Waals surface area contributed by atoms with Crippen molar-refractivity contribution in [1.82, 2.24) is 15.0 Å². The van der Waals surface area contributed by atoms with Crippen LogP contribution in [0.25, 0.3) is 11.0 Å². The maximum Gasteiger partial charge on any atom is 0.323 e. The van der Waals surface area contributed by atoms with Gasteiger partial charge in [-0.2, -0.15) is 0 Å². The average molecular weight is 240 g/mol. The van der Waals surface area contributed by atoms with Gasteiger partial charge in [-0.25, -0.2) is 4.79 Å². The maximum atomic E-state index is 11.1. The Bertz CT molecular complexity index is 714. The van der Waals surface area contributed by atoms with E-state index in [9.17, 15) is 4.79 Å². The number of aromatic nitrogens is 3. The summed E-state index contributed by atoms with van der Waals surface area (Å²) in [5, 5.41) is 3.29. The first-order valence-corrected chi connectivity index (χ1v) is 5.66. The molecule has 2 aromatic heterocycles. The van der Waals surface area contributed by atoms with Crippen LogP contribution in [0.3, 0.4) is 0 Å². The van der Waals surface area contributed by atoms with Gasteiger partial charge in [-0.05, 0) is 29.8 Å². The topological polar surface area (TPSA) is 73.6 Å². The molecule has 5 heteroatoms. The summed E-state index contributed by atoms with van der Waals surface area (Å²) in [5.74, 6) is 0.